The molecule has 4 nitrogen and oxygen atoms in total. The normalized spacial score (nSPS) is 9.77. The Morgan fingerprint density at radius 1 is 1.31 bits per heavy atom. The van der Waals surface area contributed by atoms with Gasteiger partial charge in [0.15, 0.2) is 0 Å². The Kier molecular flexibility index (Phi) is 3.95. The molecule has 0 fully saturated rings. The summed E-state index contributed by atoms with van der Waals surface area (Å²) in [7, 11) is 0. The summed E-state index contributed by atoms with van der Waals surface area (Å²) in [6.07, 6.45) is 1.68. The Morgan fingerprint density at radius 3 is 2.23 bits per heavy atom. The highest BCUT2D eigenvalue weighted by atomic mass is 16.6. The van der Waals surface area contributed by atoms with Crippen LogP contribution in [0.25, 0.3) is 0 Å². The van der Waals surface area contributed by atoms with Crippen LogP contribution in [-0.4, -0.2) is 22.6 Å². The van der Waals surface area contributed by atoms with E-state index in [1.807, 2.05) is 0 Å². The van der Waals surface area contributed by atoms with Gasteiger partial charge >= 0.3 is 11.9 Å². The molecule has 13 heavy (non-hydrogen) atoms. The fraction of sp³-hybridized carbons (Fsp3) is 0.444. The summed E-state index contributed by atoms with van der Waals surface area (Å²) in [5.41, 5.74) is 1.61. The molecule has 0 heterocycles. The largest absolute Gasteiger partial charge is 0.478 e. The van der Waals surface area contributed by atoms with Crippen molar-refractivity contribution in [1.29, 1.82) is 0 Å². The third-order valence-electron chi connectivity index (χ3n) is 0.815. The van der Waals surface area contributed by atoms with Gasteiger partial charge in [0.2, 0.25) is 0 Å². The minimum atomic E-state index is -1.15. The molecule has 0 aliphatic rings. The van der Waals surface area contributed by atoms with E-state index in [-0.39, 0.29) is 0 Å². The molecule has 0 saturated heterocycles. The molecule has 0 atom stereocenters. The number of carbonyl (C=O) groups is 2. The molecule has 0 bridgehead atoms. The first-order chi connectivity index (χ1) is 5.81. The molecule has 0 spiro atoms. The second-order valence-corrected chi connectivity index (χ2v) is 3.33. The zero-order valence-electron chi connectivity index (χ0n) is 7.83. The predicted molar refractivity (Wildman–Crippen MR) is 46.1 cm³/mol. The average Bonchev–Trinajstić information content (AvgIpc) is 1.81. The highest BCUT2D eigenvalue weighted by Gasteiger charge is 2.13. The molecule has 0 unspecified atom stereocenters. The fourth-order valence-corrected chi connectivity index (χ4v) is 0.512. The van der Waals surface area contributed by atoms with Crippen molar-refractivity contribution in [3.05, 3.63) is 17.9 Å². The second kappa shape index (κ2) is 4.48. The summed E-state index contributed by atoms with van der Waals surface area (Å²) in [5, 5.41) is 8.17. The summed E-state index contributed by atoms with van der Waals surface area (Å²) >= 11 is 0. The maximum absolute atomic E-state index is 10.9. The van der Waals surface area contributed by atoms with Crippen LogP contribution >= 0.6 is 0 Å². The molecular formula is C9H12O4. The second-order valence-electron chi connectivity index (χ2n) is 3.33. The molecule has 0 rings (SSSR count). The number of hydrogen-bond donors (Lipinski definition) is 1. The summed E-state index contributed by atoms with van der Waals surface area (Å²) in [6, 6.07) is 0. The van der Waals surface area contributed by atoms with E-state index in [1.165, 1.54) is 0 Å². The van der Waals surface area contributed by atoms with E-state index >= 15 is 0 Å². The van der Waals surface area contributed by atoms with Gasteiger partial charge in [0.05, 0.1) is 12.2 Å². The van der Waals surface area contributed by atoms with Crippen LogP contribution in [0.15, 0.2) is 17.9 Å². The first-order valence-electron chi connectivity index (χ1n) is 3.69. The molecule has 0 aromatic heterocycles. The highest BCUT2D eigenvalue weighted by molar-refractivity contribution is 5.84. The lowest BCUT2D eigenvalue weighted by atomic mass is 10.2. The van der Waals surface area contributed by atoms with Crippen molar-refractivity contribution < 1.29 is 19.4 Å². The van der Waals surface area contributed by atoms with Crippen LogP contribution in [0.2, 0.25) is 0 Å². The minimum Gasteiger partial charge on any atom is -0.478 e. The third-order valence-corrected chi connectivity index (χ3v) is 0.815. The van der Waals surface area contributed by atoms with Crippen LogP contribution in [0.3, 0.4) is 0 Å². The Balaban J connectivity index is 4.18. The summed E-state index contributed by atoms with van der Waals surface area (Å²) < 4.78 is 4.85. The van der Waals surface area contributed by atoms with Crippen molar-refractivity contribution in [1.82, 2.24) is 0 Å². The van der Waals surface area contributed by atoms with Crippen LogP contribution < -0.4 is 0 Å². The third kappa shape index (κ3) is 8.37. The van der Waals surface area contributed by atoms with Gasteiger partial charge in [-0.15, -0.1) is 5.73 Å². The average molecular weight is 184 g/mol. The van der Waals surface area contributed by atoms with E-state index in [9.17, 15) is 9.59 Å². The molecule has 0 aromatic carbocycles. The van der Waals surface area contributed by atoms with Gasteiger partial charge in [-0.05, 0) is 20.8 Å². The standard InChI is InChI=1S/C9H12O4/c1-9(2,3)13-8(12)6-4-5-7(10)11/h5-6H,1-3H3,(H,10,11). The van der Waals surface area contributed by atoms with Crippen LogP contribution in [-0.2, 0) is 14.3 Å². The van der Waals surface area contributed by atoms with Crippen LogP contribution in [0, 0.1) is 0 Å². The Labute approximate surface area is 76.5 Å². The van der Waals surface area contributed by atoms with Crippen molar-refractivity contribution in [2.75, 3.05) is 0 Å². The van der Waals surface area contributed by atoms with E-state index < -0.39 is 17.5 Å². The molecule has 0 aromatic rings. The van der Waals surface area contributed by atoms with Gasteiger partial charge in [0.1, 0.15) is 5.60 Å². The first kappa shape index (κ1) is 11.5. The number of carboxylic acid groups (broad SMARTS) is 1. The van der Waals surface area contributed by atoms with Gasteiger partial charge in [-0.3, -0.25) is 0 Å². The van der Waals surface area contributed by atoms with E-state index in [4.69, 9.17) is 9.84 Å². The molecule has 1 N–H and O–H groups in total. The predicted octanol–water partition coefficient (Wildman–Crippen LogP) is 1.12. The topological polar surface area (TPSA) is 63.6 Å². The number of ether oxygens (including phenoxy) is 1. The van der Waals surface area contributed by atoms with Crippen LogP contribution in [0.5, 0.6) is 0 Å². The maximum Gasteiger partial charge on any atom is 0.339 e. The number of hydrogen-bond acceptors (Lipinski definition) is 3. The molecule has 0 radical (unpaired) electrons. The smallest absolute Gasteiger partial charge is 0.339 e. The molecular weight excluding hydrogens is 172 g/mol. The lowest BCUT2D eigenvalue weighted by molar-refractivity contribution is -0.148. The first-order valence-corrected chi connectivity index (χ1v) is 3.69. The van der Waals surface area contributed by atoms with Crippen LogP contribution in [0.4, 0.5) is 0 Å². The number of carbonyl (C=O) groups excluding carboxylic acids is 1. The number of esters is 1. The van der Waals surface area contributed by atoms with Crippen molar-refractivity contribution in [2.45, 2.75) is 26.4 Å². The fourth-order valence-electron chi connectivity index (χ4n) is 0.512. The quantitative estimate of drug-likeness (QED) is 0.397. The van der Waals surface area contributed by atoms with E-state index in [1.54, 1.807) is 20.8 Å². The Morgan fingerprint density at radius 2 is 1.85 bits per heavy atom. The van der Waals surface area contributed by atoms with Crippen molar-refractivity contribution in [3.8, 4) is 0 Å². The SMILES string of the molecule is CC(C)(C)OC(=O)C=C=CC(=O)O. The van der Waals surface area contributed by atoms with Crippen LogP contribution in [0.1, 0.15) is 20.8 Å². The van der Waals surface area contributed by atoms with E-state index in [0.717, 1.165) is 12.2 Å². The minimum absolute atomic E-state index is 0.571. The summed E-state index contributed by atoms with van der Waals surface area (Å²) in [5.74, 6) is -1.76. The van der Waals surface area contributed by atoms with Gasteiger partial charge in [-0.1, -0.05) is 0 Å². The van der Waals surface area contributed by atoms with Gasteiger partial charge in [0, 0.05) is 0 Å². The molecule has 4 heteroatoms. The molecule has 0 aliphatic carbocycles. The maximum atomic E-state index is 10.9. The monoisotopic (exact) mass is 184 g/mol. The summed E-state index contributed by atoms with van der Waals surface area (Å²) in [4.78, 5) is 20.9. The number of aliphatic carboxylic acids is 1. The van der Waals surface area contributed by atoms with E-state index in [2.05, 4.69) is 5.73 Å². The zero-order valence-corrected chi connectivity index (χ0v) is 7.83. The zero-order chi connectivity index (χ0) is 10.5. The van der Waals surface area contributed by atoms with Crippen molar-refractivity contribution in [3.63, 3.8) is 0 Å². The lowest BCUT2D eigenvalue weighted by Gasteiger charge is -2.17. The van der Waals surface area contributed by atoms with Crippen molar-refractivity contribution >= 4 is 11.9 Å². The summed E-state index contributed by atoms with van der Waals surface area (Å²) in [6.45, 7) is 5.17. The van der Waals surface area contributed by atoms with E-state index in [0.29, 0.717) is 0 Å². The molecule has 72 valence electrons. The molecule has 0 amide bonds. The lowest BCUT2D eigenvalue weighted by Crippen LogP contribution is -2.22. The molecule has 0 saturated carbocycles. The Hall–Kier alpha value is -1.54. The van der Waals surface area contributed by atoms with Gasteiger partial charge in [-0.2, -0.15) is 0 Å². The van der Waals surface area contributed by atoms with Gasteiger partial charge in [-0.25, -0.2) is 9.59 Å². The molecule has 0 aliphatic heterocycles. The highest BCUT2D eigenvalue weighted by Crippen LogP contribution is 2.06. The van der Waals surface area contributed by atoms with Crippen molar-refractivity contribution in [2.24, 2.45) is 0 Å². The number of carboxylic acids is 1. The van der Waals surface area contributed by atoms with Gasteiger partial charge in [0.25, 0.3) is 0 Å². The number of rotatable bonds is 2. The Bertz CT molecular complexity index is 264. The van der Waals surface area contributed by atoms with Gasteiger partial charge < -0.3 is 9.84 Å².